The number of nitro groups is 1. The molecule has 0 unspecified atom stereocenters. The normalized spacial score (nSPS) is 14.0. The molecule has 1 aromatic carbocycles. The average Bonchev–Trinajstić information content (AvgIpc) is 2.88. The molecule has 7 heteroatoms. The Morgan fingerprint density at radius 2 is 2.04 bits per heavy atom. The molecule has 1 aliphatic rings. The molecule has 0 saturated carbocycles. The van der Waals surface area contributed by atoms with E-state index < -0.39 is 10.8 Å². The number of imide groups is 1. The minimum atomic E-state index is -0.465. The Kier molecular flexibility index (Phi) is 3.69. The molecule has 0 bridgehead atoms. The zero-order chi connectivity index (χ0) is 16.6. The fourth-order valence-electron chi connectivity index (χ4n) is 2.76. The van der Waals surface area contributed by atoms with Gasteiger partial charge in [-0.2, -0.15) is 0 Å². The lowest BCUT2D eigenvalue weighted by Crippen LogP contribution is -2.43. The van der Waals surface area contributed by atoms with E-state index in [1.807, 2.05) is 0 Å². The van der Waals surface area contributed by atoms with Crippen LogP contribution in [0.25, 0.3) is 0 Å². The van der Waals surface area contributed by atoms with Crippen LogP contribution in [0.1, 0.15) is 27.2 Å². The van der Waals surface area contributed by atoms with Gasteiger partial charge in [0.2, 0.25) is 5.91 Å². The molecule has 0 spiro atoms. The van der Waals surface area contributed by atoms with Crippen molar-refractivity contribution in [3.8, 4) is 0 Å². The third-order valence-corrected chi connectivity index (χ3v) is 3.92. The largest absolute Gasteiger partial charge is 0.468 e. The monoisotopic (exact) mass is 314 g/mol. The van der Waals surface area contributed by atoms with Crippen molar-refractivity contribution in [2.45, 2.75) is 19.8 Å². The highest BCUT2D eigenvalue weighted by atomic mass is 16.6. The van der Waals surface area contributed by atoms with Crippen LogP contribution in [0.2, 0.25) is 0 Å². The summed E-state index contributed by atoms with van der Waals surface area (Å²) in [6, 6.07) is 6.32. The van der Waals surface area contributed by atoms with Crippen LogP contribution in [0, 0.1) is 17.0 Å². The SMILES string of the molecule is Cc1coc2c1C(=O)N(CCc1ccccc1[N+](=O)[O-])C(=O)C2. The molecule has 0 radical (unpaired) electrons. The smallest absolute Gasteiger partial charge is 0.272 e. The highest BCUT2D eigenvalue weighted by Gasteiger charge is 2.34. The first-order valence-corrected chi connectivity index (χ1v) is 7.13. The van der Waals surface area contributed by atoms with Crippen LogP contribution in [0.3, 0.4) is 0 Å². The van der Waals surface area contributed by atoms with Crippen LogP contribution in [-0.4, -0.2) is 28.2 Å². The first-order valence-electron chi connectivity index (χ1n) is 7.13. The van der Waals surface area contributed by atoms with Gasteiger partial charge in [0.25, 0.3) is 11.6 Å². The van der Waals surface area contributed by atoms with E-state index in [9.17, 15) is 19.7 Å². The van der Waals surface area contributed by atoms with Gasteiger partial charge >= 0.3 is 0 Å². The second-order valence-electron chi connectivity index (χ2n) is 5.38. The summed E-state index contributed by atoms with van der Waals surface area (Å²) in [5.41, 5.74) is 1.60. The number of fused-ring (bicyclic) bond motifs is 1. The Hall–Kier alpha value is -2.96. The predicted molar refractivity (Wildman–Crippen MR) is 80.0 cm³/mol. The molecular formula is C16H14N2O5. The summed E-state index contributed by atoms with van der Waals surface area (Å²) >= 11 is 0. The van der Waals surface area contributed by atoms with Crippen LogP contribution in [0.4, 0.5) is 5.69 Å². The van der Waals surface area contributed by atoms with Crippen molar-refractivity contribution in [2.75, 3.05) is 6.54 Å². The second-order valence-corrected chi connectivity index (χ2v) is 5.38. The molecule has 2 aromatic rings. The lowest BCUT2D eigenvalue weighted by Gasteiger charge is -2.24. The average molecular weight is 314 g/mol. The number of furan rings is 1. The molecule has 23 heavy (non-hydrogen) atoms. The maximum absolute atomic E-state index is 12.5. The van der Waals surface area contributed by atoms with E-state index in [0.29, 0.717) is 22.5 Å². The zero-order valence-corrected chi connectivity index (χ0v) is 12.4. The summed E-state index contributed by atoms with van der Waals surface area (Å²) in [5.74, 6) is -0.365. The quantitative estimate of drug-likeness (QED) is 0.490. The van der Waals surface area contributed by atoms with Gasteiger partial charge in [-0.3, -0.25) is 24.6 Å². The van der Waals surface area contributed by atoms with Crippen molar-refractivity contribution in [1.82, 2.24) is 4.90 Å². The number of hydrogen-bond donors (Lipinski definition) is 0. The summed E-state index contributed by atoms with van der Waals surface area (Å²) in [4.78, 5) is 36.3. The molecular weight excluding hydrogens is 300 g/mol. The van der Waals surface area contributed by atoms with Gasteiger partial charge in [-0.05, 0) is 13.3 Å². The Labute approximate surface area is 131 Å². The highest BCUT2D eigenvalue weighted by molar-refractivity contribution is 6.09. The van der Waals surface area contributed by atoms with E-state index in [1.165, 1.54) is 12.3 Å². The number of carbonyl (C=O) groups excluding carboxylic acids is 2. The number of benzene rings is 1. The second kappa shape index (κ2) is 5.68. The van der Waals surface area contributed by atoms with E-state index in [2.05, 4.69) is 0 Å². The molecule has 1 aliphatic heterocycles. The minimum absolute atomic E-state index is 0.00964. The molecule has 0 aliphatic carbocycles. The topological polar surface area (TPSA) is 93.7 Å². The molecule has 1 aromatic heterocycles. The molecule has 0 N–H and O–H groups in total. The van der Waals surface area contributed by atoms with Crippen LogP contribution in [-0.2, 0) is 17.6 Å². The molecule has 7 nitrogen and oxygen atoms in total. The molecule has 3 rings (SSSR count). The molecule has 0 saturated heterocycles. The first-order chi connectivity index (χ1) is 11.0. The summed E-state index contributed by atoms with van der Waals surface area (Å²) < 4.78 is 5.23. The van der Waals surface area contributed by atoms with Crippen molar-refractivity contribution in [2.24, 2.45) is 0 Å². The lowest BCUT2D eigenvalue weighted by molar-refractivity contribution is -0.385. The van der Waals surface area contributed by atoms with Crippen molar-refractivity contribution in [1.29, 1.82) is 0 Å². The number of aryl methyl sites for hydroxylation is 1. The van der Waals surface area contributed by atoms with Crippen LogP contribution >= 0.6 is 0 Å². The van der Waals surface area contributed by atoms with E-state index in [4.69, 9.17) is 4.42 Å². The third-order valence-electron chi connectivity index (χ3n) is 3.92. The van der Waals surface area contributed by atoms with Gasteiger partial charge in [-0.15, -0.1) is 0 Å². The van der Waals surface area contributed by atoms with Gasteiger partial charge < -0.3 is 4.42 Å². The lowest BCUT2D eigenvalue weighted by atomic mass is 10.0. The Morgan fingerprint density at radius 3 is 2.78 bits per heavy atom. The van der Waals surface area contributed by atoms with Gasteiger partial charge in [0.15, 0.2) is 0 Å². The van der Waals surface area contributed by atoms with Crippen molar-refractivity contribution in [3.63, 3.8) is 0 Å². The fourth-order valence-corrected chi connectivity index (χ4v) is 2.76. The van der Waals surface area contributed by atoms with Crippen LogP contribution < -0.4 is 0 Å². The summed E-state index contributed by atoms with van der Waals surface area (Å²) in [7, 11) is 0. The van der Waals surface area contributed by atoms with E-state index >= 15 is 0 Å². The third kappa shape index (κ3) is 2.61. The maximum atomic E-state index is 12.5. The minimum Gasteiger partial charge on any atom is -0.468 e. The predicted octanol–water partition coefficient (Wildman–Crippen LogP) is 2.26. The number of carbonyl (C=O) groups is 2. The van der Waals surface area contributed by atoms with E-state index in [0.717, 1.165) is 4.90 Å². The zero-order valence-electron chi connectivity index (χ0n) is 12.4. The molecule has 118 valence electrons. The van der Waals surface area contributed by atoms with Gasteiger partial charge in [0.05, 0.1) is 23.2 Å². The van der Waals surface area contributed by atoms with Crippen LogP contribution in [0.15, 0.2) is 34.9 Å². The van der Waals surface area contributed by atoms with Gasteiger partial charge in [0.1, 0.15) is 5.76 Å². The molecule has 2 heterocycles. The van der Waals surface area contributed by atoms with Gasteiger partial charge in [0, 0.05) is 23.7 Å². The van der Waals surface area contributed by atoms with Crippen LogP contribution in [0.5, 0.6) is 0 Å². The molecule has 0 atom stereocenters. The number of hydrogen-bond acceptors (Lipinski definition) is 5. The molecule has 0 fully saturated rings. The van der Waals surface area contributed by atoms with Crippen molar-refractivity contribution >= 4 is 17.5 Å². The number of amides is 2. The number of nitro benzene ring substituents is 1. The Bertz CT molecular complexity index is 809. The summed E-state index contributed by atoms with van der Waals surface area (Å²) in [6.07, 6.45) is 1.73. The summed E-state index contributed by atoms with van der Waals surface area (Å²) in [6.45, 7) is 1.85. The van der Waals surface area contributed by atoms with Gasteiger partial charge in [-0.1, -0.05) is 18.2 Å². The molecule has 2 amide bonds. The standard InChI is InChI=1S/C16H14N2O5/c1-10-9-23-13-8-14(19)17(16(20)15(10)13)7-6-11-4-2-3-5-12(11)18(21)22/h2-5,9H,6-8H2,1H3. The number of rotatable bonds is 4. The maximum Gasteiger partial charge on any atom is 0.272 e. The Balaban J connectivity index is 1.82. The van der Waals surface area contributed by atoms with E-state index in [1.54, 1.807) is 25.1 Å². The summed E-state index contributed by atoms with van der Waals surface area (Å²) in [5, 5.41) is 11.0. The Morgan fingerprint density at radius 1 is 1.30 bits per heavy atom. The fraction of sp³-hybridized carbons (Fsp3) is 0.250. The first kappa shape index (κ1) is 15.0. The number of para-hydroxylation sites is 1. The van der Waals surface area contributed by atoms with Crippen molar-refractivity contribution < 1.29 is 18.9 Å². The number of nitrogens with zero attached hydrogens (tertiary/aromatic N) is 2. The highest BCUT2D eigenvalue weighted by Crippen LogP contribution is 2.25. The van der Waals surface area contributed by atoms with Crippen molar-refractivity contribution in [3.05, 3.63) is 63.1 Å². The van der Waals surface area contributed by atoms with E-state index in [-0.39, 0.29) is 31.0 Å². The van der Waals surface area contributed by atoms with Gasteiger partial charge in [-0.25, -0.2) is 0 Å².